The van der Waals surface area contributed by atoms with Crippen LogP contribution in [0.3, 0.4) is 0 Å². The van der Waals surface area contributed by atoms with Crippen molar-refractivity contribution < 1.29 is 37.2 Å². The number of azo groups is 1. The molecule has 1 aromatic heterocycles. The van der Waals surface area contributed by atoms with Crippen LogP contribution in [0.1, 0.15) is 34.5 Å². The maximum absolute atomic E-state index is 12.6. The number of hydrogen-bond acceptors (Lipinski definition) is 9. The van der Waals surface area contributed by atoms with Gasteiger partial charge in [-0.25, -0.2) is 18.0 Å². The Bertz CT molecular complexity index is 1190. The summed E-state index contributed by atoms with van der Waals surface area (Å²) in [6.45, 7) is 1.62. The minimum Gasteiger partial charge on any atom is -0.505 e. The van der Waals surface area contributed by atoms with Gasteiger partial charge in [-0.3, -0.25) is 9.32 Å². The summed E-state index contributed by atoms with van der Waals surface area (Å²) in [5, 5.41) is 17.9. The summed E-state index contributed by atoms with van der Waals surface area (Å²) in [4.78, 5) is 33.4. The van der Waals surface area contributed by atoms with Crippen LogP contribution in [0.4, 0.5) is 11.5 Å². The van der Waals surface area contributed by atoms with Crippen LogP contribution < -0.4 is 0 Å². The van der Waals surface area contributed by atoms with Crippen molar-refractivity contribution in [2.75, 3.05) is 13.1 Å². The van der Waals surface area contributed by atoms with Crippen molar-refractivity contribution in [2.24, 2.45) is 10.2 Å². The zero-order chi connectivity index (χ0) is 23.5. The molecule has 1 aromatic carbocycles. The predicted octanol–water partition coefficient (Wildman–Crippen LogP) is 2.72. The Balaban J connectivity index is 1.90. The van der Waals surface area contributed by atoms with Crippen LogP contribution in [0.2, 0.25) is 0 Å². The Morgan fingerprint density at radius 3 is 2.38 bits per heavy atom. The smallest absolute Gasteiger partial charge is 0.469 e. The third kappa shape index (κ3) is 5.44. The molecular weight excluding hydrogens is 463 g/mol. The fraction of sp³-hybridized carbons (Fsp3) is 0.333. The van der Waals surface area contributed by atoms with E-state index in [0.717, 1.165) is 12.8 Å². The summed E-state index contributed by atoms with van der Waals surface area (Å²) >= 11 is 0. The van der Waals surface area contributed by atoms with Crippen molar-refractivity contribution in [1.82, 2.24) is 9.29 Å². The molecule has 0 unspecified atom stereocenters. The van der Waals surface area contributed by atoms with Crippen molar-refractivity contribution in [3.8, 4) is 5.75 Å². The summed E-state index contributed by atoms with van der Waals surface area (Å²) < 4.78 is 42.1. The lowest BCUT2D eigenvalue weighted by atomic mass is 10.1. The predicted molar refractivity (Wildman–Crippen MR) is 111 cm³/mol. The maximum Gasteiger partial charge on any atom is 0.469 e. The van der Waals surface area contributed by atoms with Gasteiger partial charge in [0.05, 0.1) is 28.4 Å². The molecule has 0 saturated carbocycles. The van der Waals surface area contributed by atoms with Gasteiger partial charge in [-0.1, -0.05) is 0 Å². The van der Waals surface area contributed by atoms with Crippen molar-refractivity contribution >= 4 is 35.6 Å². The molecule has 0 radical (unpaired) electrons. The Morgan fingerprint density at radius 1 is 1.19 bits per heavy atom. The van der Waals surface area contributed by atoms with Crippen molar-refractivity contribution in [3.05, 3.63) is 41.1 Å². The second kappa shape index (κ2) is 9.53. The van der Waals surface area contributed by atoms with Gasteiger partial charge in [0.2, 0.25) is 10.0 Å². The van der Waals surface area contributed by atoms with E-state index in [9.17, 15) is 22.9 Å². The number of benzene rings is 1. The molecule has 1 aliphatic heterocycles. The number of hydrogen-bond donors (Lipinski definition) is 3. The van der Waals surface area contributed by atoms with Crippen LogP contribution in [-0.2, 0) is 25.7 Å². The number of rotatable bonds is 8. The second-order valence-electron chi connectivity index (χ2n) is 6.95. The van der Waals surface area contributed by atoms with Crippen LogP contribution in [0.25, 0.3) is 0 Å². The SMILES string of the molecule is Cc1nc(N=Nc2ccc(S(=O)(=O)N3CCCC3)cc2)c(COP(=O)(O)O)c(C=O)c1O. The molecule has 172 valence electrons. The molecular formula is C18H21N4O8PS. The standard InChI is InChI=1S/C18H21N4O8PS/c1-12-17(24)15(10-23)16(11-30-31(25,26)27)18(19-12)21-20-13-4-6-14(7-5-13)32(28,29)22-8-2-3-9-22/h4-7,10,24H,2-3,8-9,11H2,1H3,(H2,25,26,27). The molecule has 12 nitrogen and oxygen atoms in total. The molecule has 0 bridgehead atoms. The molecule has 0 amide bonds. The van der Waals surface area contributed by atoms with Gasteiger partial charge in [0, 0.05) is 18.7 Å². The number of carbonyl (C=O) groups is 1. The number of pyridine rings is 1. The van der Waals surface area contributed by atoms with Crippen LogP contribution in [0.5, 0.6) is 5.75 Å². The molecule has 1 aliphatic rings. The monoisotopic (exact) mass is 484 g/mol. The Hall–Kier alpha value is -2.54. The van der Waals surface area contributed by atoms with E-state index in [-0.39, 0.29) is 33.2 Å². The average molecular weight is 484 g/mol. The Labute approximate surface area is 183 Å². The third-order valence-corrected chi connectivity index (χ3v) is 7.14. The average Bonchev–Trinajstić information content (AvgIpc) is 3.28. The molecule has 32 heavy (non-hydrogen) atoms. The number of carbonyl (C=O) groups excluding carboxylic acids is 1. The lowest BCUT2D eigenvalue weighted by Gasteiger charge is -2.15. The molecule has 2 heterocycles. The summed E-state index contributed by atoms with van der Waals surface area (Å²) in [7, 11) is -8.45. The normalized spacial score (nSPS) is 15.5. The van der Waals surface area contributed by atoms with Crippen molar-refractivity contribution in [3.63, 3.8) is 0 Å². The van der Waals surface area contributed by atoms with Crippen LogP contribution in [0.15, 0.2) is 39.4 Å². The highest BCUT2D eigenvalue weighted by atomic mass is 32.2. The van der Waals surface area contributed by atoms with Crippen LogP contribution in [-0.4, -0.2) is 52.0 Å². The zero-order valence-electron chi connectivity index (χ0n) is 16.9. The van der Waals surface area contributed by atoms with E-state index < -0.39 is 30.2 Å². The van der Waals surface area contributed by atoms with Gasteiger partial charge in [-0.15, -0.1) is 10.2 Å². The first-order chi connectivity index (χ1) is 15.0. The number of aromatic hydroxyl groups is 1. The van der Waals surface area contributed by atoms with Gasteiger partial charge in [0.15, 0.2) is 12.1 Å². The van der Waals surface area contributed by atoms with E-state index in [1.165, 1.54) is 35.5 Å². The van der Waals surface area contributed by atoms with Crippen LogP contribution in [0, 0.1) is 6.92 Å². The number of phosphoric acid groups is 1. The van der Waals surface area contributed by atoms with Gasteiger partial charge < -0.3 is 14.9 Å². The molecule has 0 aliphatic carbocycles. The van der Waals surface area contributed by atoms with Gasteiger partial charge in [-0.2, -0.15) is 4.31 Å². The minimum absolute atomic E-state index is 0.0491. The van der Waals surface area contributed by atoms with E-state index >= 15 is 0 Å². The summed E-state index contributed by atoms with van der Waals surface area (Å²) in [6, 6.07) is 5.66. The van der Waals surface area contributed by atoms with E-state index in [2.05, 4.69) is 19.7 Å². The molecule has 1 fully saturated rings. The van der Waals surface area contributed by atoms with Gasteiger partial charge in [0.1, 0.15) is 5.75 Å². The molecule has 2 aromatic rings. The first kappa shape index (κ1) is 24.1. The fourth-order valence-electron chi connectivity index (χ4n) is 3.11. The summed E-state index contributed by atoms with van der Waals surface area (Å²) in [5.74, 6) is -0.663. The number of phosphoric ester groups is 1. The van der Waals surface area contributed by atoms with E-state index in [1.54, 1.807) is 0 Å². The molecule has 0 spiro atoms. The minimum atomic E-state index is -4.87. The van der Waals surface area contributed by atoms with E-state index in [4.69, 9.17) is 9.79 Å². The number of aldehydes is 1. The lowest BCUT2D eigenvalue weighted by molar-refractivity contribution is 0.111. The molecule has 3 N–H and O–H groups in total. The van der Waals surface area contributed by atoms with Crippen molar-refractivity contribution in [1.29, 1.82) is 0 Å². The first-order valence-corrected chi connectivity index (χ1v) is 12.4. The van der Waals surface area contributed by atoms with Gasteiger partial charge >= 0.3 is 7.82 Å². The topological polar surface area (TPSA) is 179 Å². The summed E-state index contributed by atoms with van der Waals surface area (Å²) in [6.07, 6.45) is 1.93. The second-order valence-corrected chi connectivity index (χ2v) is 10.1. The third-order valence-electron chi connectivity index (χ3n) is 4.76. The fourth-order valence-corrected chi connectivity index (χ4v) is 4.92. The lowest BCUT2D eigenvalue weighted by Crippen LogP contribution is -2.27. The van der Waals surface area contributed by atoms with Gasteiger partial charge in [-0.05, 0) is 44.0 Å². The Morgan fingerprint density at radius 2 is 1.81 bits per heavy atom. The number of nitrogens with zero attached hydrogens (tertiary/aromatic N) is 4. The molecule has 14 heteroatoms. The number of aryl methyl sites for hydroxylation is 1. The van der Waals surface area contributed by atoms with Gasteiger partial charge in [0.25, 0.3) is 0 Å². The Kier molecular flexibility index (Phi) is 7.18. The highest BCUT2D eigenvalue weighted by Crippen LogP contribution is 2.40. The highest BCUT2D eigenvalue weighted by molar-refractivity contribution is 7.89. The number of aromatic nitrogens is 1. The van der Waals surface area contributed by atoms with E-state index in [0.29, 0.717) is 19.4 Å². The van der Waals surface area contributed by atoms with Crippen LogP contribution >= 0.6 is 7.82 Å². The first-order valence-electron chi connectivity index (χ1n) is 9.42. The maximum atomic E-state index is 12.6. The van der Waals surface area contributed by atoms with E-state index in [1.807, 2.05) is 0 Å². The molecule has 3 rings (SSSR count). The molecule has 1 saturated heterocycles. The number of sulfonamides is 1. The zero-order valence-corrected chi connectivity index (χ0v) is 18.7. The highest BCUT2D eigenvalue weighted by Gasteiger charge is 2.27. The molecule has 0 atom stereocenters. The largest absolute Gasteiger partial charge is 0.505 e. The summed E-state index contributed by atoms with van der Waals surface area (Å²) in [5.41, 5.74) is -0.129. The van der Waals surface area contributed by atoms with Crippen molar-refractivity contribution in [2.45, 2.75) is 31.3 Å². The quantitative estimate of drug-likeness (QED) is 0.288.